The quantitative estimate of drug-likeness (QED) is 0.834. The molecule has 2 aromatic rings. The monoisotopic (exact) mass is 261 g/mol. The fourth-order valence-electron chi connectivity index (χ4n) is 1.30. The van der Waals surface area contributed by atoms with Gasteiger partial charge in [-0.2, -0.15) is 0 Å². The van der Waals surface area contributed by atoms with Gasteiger partial charge in [-0.15, -0.1) is 0 Å². The van der Waals surface area contributed by atoms with Crippen LogP contribution in [0.15, 0.2) is 34.8 Å². The highest BCUT2D eigenvalue weighted by molar-refractivity contribution is 7.99. The van der Waals surface area contributed by atoms with Gasteiger partial charge in [-0.05, 0) is 31.2 Å². The van der Waals surface area contributed by atoms with Crippen molar-refractivity contribution in [3.05, 3.63) is 30.4 Å². The van der Waals surface area contributed by atoms with E-state index in [4.69, 9.17) is 0 Å². The van der Waals surface area contributed by atoms with E-state index in [-0.39, 0.29) is 0 Å². The van der Waals surface area contributed by atoms with Crippen molar-refractivity contribution in [2.75, 3.05) is 11.9 Å². The topological polar surface area (TPSA) is 63.6 Å². The fraction of sp³-hybridized carbons (Fsp3) is 0.333. The molecule has 0 bridgehead atoms. The Morgan fingerprint density at radius 2 is 2.17 bits per heavy atom. The zero-order valence-electron chi connectivity index (χ0n) is 10.4. The van der Waals surface area contributed by atoms with E-state index in [0.29, 0.717) is 5.16 Å². The molecule has 18 heavy (non-hydrogen) atoms. The van der Waals surface area contributed by atoms with Crippen molar-refractivity contribution in [3.8, 4) is 0 Å². The molecule has 0 spiro atoms. The predicted octanol–water partition coefficient (Wildman–Crippen LogP) is 2.55. The minimum atomic E-state index is 0.692. The Labute approximate surface area is 110 Å². The molecule has 0 saturated carbocycles. The molecule has 0 aromatic carbocycles. The normalized spacial score (nSPS) is 10.3. The molecule has 0 fully saturated rings. The van der Waals surface area contributed by atoms with E-state index in [2.05, 4.69) is 32.2 Å². The van der Waals surface area contributed by atoms with Crippen molar-refractivity contribution in [2.24, 2.45) is 0 Å². The van der Waals surface area contributed by atoms with Gasteiger partial charge in [0.1, 0.15) is 10.8 Å². The van der Waals surface area contributed by atoms with Crippen LogP contribution in [0.3, 0.4) is 0 Å². The van der Waals surface area contributed by atoms with Crippen molar-refractivity contribution in [1.82, 2.24) is 19.9 Å². The molecule has 0 saturated heterocycles. The van der Waals surface area contributed by atoms with Gasteiger partial charge in [0.15, 0.2) is 5.16 Å². The van der Waals surface area contributed by atoms with Gasteiger partial charge < -0.3 is 5.32 Å². The number of nitrogens with zero attached hydrogens (tertiary/aromatic N) is 4. The lowest BCUT2D eigenvalue weighted by Gasteiger charge is -2.04. The molecule has 0 amide bonds. The maximum atomic E-state index is 4.44. The van der Waals surface area contributed by atoms with Gasteiger partial charge in [-0.1, -0.05) is 6.92 Å². The molecule has 2 rings (SSSR count). The number of hydrogen-bond acceptors (Lipinski definition) is 6. The lowest BCUT2D eigenvalue weighted by atomic mass is 10.5. The van der Waals surface area contributed by atoms with E-state index >= 15 is 0 Å². The predicted molar refractivity (Wildman–Crippen MR) is 71.7 cm³/mol. The van der Waals surface area contributed by atoms with Crippen molar-refractivity contribution < 1.29 is 0 Å². The van der Waals surface area contributed by atoms with Crippen LogP contribution >= 0.6 is 11.8 Å². The summed E-state index contributed by atoms with van der Waals surface area (Å²) in [5.41, 5.74) is 0.945. The van der Waals surface area contributed by atoms with E-state index in [1.165, 1.54) is 11.8 Å². The summed E-state index contributed by atoms with van der Waals surface area (Å²) in [6.07, 6.45) is 6.24. The molecule has 0 aliphatic rings. The van der Waals surface area contributed by atoms with Crippen LogP contribution < -0.4 is 5.32 Å². The highest BCUT2D eigenvalue weighted by Gasteiger charge is 2.03. The maximum absolute atomic E-state index is 4.44. The van der Waals surface area contributed by atoms with Gasteiger partial charge in [0.05, 0.1) is 12.4 Å². The second-order valence-electron chi connectivity index (χ2n) is 3.75. The zero-order valence-corrected chi connectivity index (χ0v) is 11.2. The van der Waals surface area contributed by atoms with Crippen molar-refractivity contribution in [2.45, 2.75) is 30.5 Å². The molecule has 0 aliphatic carbocycles. The van der Waals surface area contributed by atoms with Gasteiger partial charge in [-0.25, -0.2) is 15.0 Å². The minimum absolute atomic E-state index is 0.692. The van der Waals surface area contributed by atoms with Gasteiger partial charge >= 0.3 is 0 Å². The third kappa shape index (κ3) is 3.66. The van der Waals surface area contributed by atoms with Crippen molar-refractivity contribution in [1.29, 1.82) is 0 Å². The molecule has 0 radical (unpaired) electrons. The van der Waals surface area contributed by atoms with E-state index in [1.54, 1.807) is 18.6 Å². The molecule has 2 heterocycles. The van der Waals surface area contributed by atoms with Crippen LogP contribution in [0.25, 0.3) is 0 Å². The third-order valence-electron chi connectivity index (χ3n) is 2.14. The Hall–Kier alpha value is -1.69. The minimum Gasteiger partial charge on any atom is -0.369 e. The second kappa shape index (κ2) is 6.30. The van der Waals surface area contributed by atoms with Crippen LogP contribution in [0.2, 0.25) is 0 Å². The Kier molecular flexibility index (Phi) is 4.46. The molecular weight excluding hydrogens is 246 g/mol. The summed E-state index contributed by atoms with van der Waals surface area (Å²) < 4.78 is 0. The zero-order chi connectivity index (χ0) is 12.8. The molecule has 5 nitrogen and oxygen atoms in total. The van der Waals surface area contributed by atoms with Gasteiger partial charge in [0.2, 0.25) is 0 Å². The molecule has 0 unspecified atom stereocenters. The Balaban J connectivity index is 2.09. The van der Waals surface area contributed by atoms with E-state index in [0.717, 1.165) is 29.5 Å². The van der Waals surface area contributed by atoms with Crippen LogP contribution in [-0.4, -0.2) is 26.5 Å². The molecule has 0 aliphatic heterocycles. The molecule has 2 aromatic heterocycles. The third-order valence-corrected chi connectivity index (χ3v) is 2.92. The van der Waals surface area contributed by atoms with Crippen molar-refractivity contribution in [3.63, 3.8) is 0 Å². The summed E-state index contributed by atoms with van der Waals surface area (Å²) >= 11 is 1.41. The first-order valence-electron chi connectivity index (χ1n) is 5.81. The number of anilines is 1. The van der Waals surface area contributed by atoms with E-state index < -0.39 is 0 Å². The van der Waals surface area contributed by atoms with Crippen LogP contribution in [-0.2, 0) is 0 Å². The summed E-state index contributed by atoms with van der Waals surface area (Å²) in [5, 5.41) is 4.69. The summed E-state index contributed by atoms with van der Waals surface area (Å²) in [4.78, 5) is 17.1. The summed E-state index contributed by atoms with van der Waals surface area (Å²) in [6, 6.07) is 1.87. The SMILES string of the molecule is CCCNc1cncc(Sc2nccc(C)n2)n1. The molecule has 1 N–H and O–H groups in total. The second-order valence-corrected chi connectivity index (χ2v) is 4.74. The van der Waals surface area contributed by atoms with Crippen molar-refractivity contribution >= 4 is 17.6 Å². The average molecular weight is 261 g/mol. The highest BCUT2D eigenvalue weighted by Crippen LogP contribution is 2.22. The van der Waals surface area contributed by atoms with E-state index in [9.17, 15) is 0 Å². The Bertz CT molecular complexity index is 517. The highest BCUT2D eigenvalue weighted by atomic mass is 32.2. The number of nitrogens with one attached hydrogen (secondary N) is 1. The first kappa shape index (κ1) is 12.8. The lowest BCUT2D eigenvalue weighted by Crippen LogP contribution is -2.02. The molecule has 6 heteroatoms. The van der Waals surface area contributed by atoms with Crippen LogP contribution in [0.1, 0.15) is 19.0 Å². The standard InChI is InChI=1S/C12H15N5S/c1-3-5-14-10-7-13-8-11(17-10)18-12-15-6-4-9(2)16-12/h4,6-8H,3,5H2,1-2H3,(H,14,17). The maximum Gasteiger partial charge on any atom is 0.194 e. The summed E-state index contributed by atoms with van der Waals surface area (Å²) in [6.45, 7) is 4.94. The first-order chi connectivity index (χ1) is 8.78. The number of aryl methyl sites for hydroxylation is 1. The summed E-state index contributed by atoms with van der Waals surface area (Å²) in [5.74, 6) is 0.787. The Morgan fingerprint density at radius 1 is 1.28 bits per heavy atom. The van der Waals surface area contributed by atoms with Crippen LogP contribution in [0.4, 0.5) is 5.82 Å². The van der Waals surface area contributed by atoms with Gasteiger partial charge in [0, 0.05) is 18.4 Å². The van der Waals surface area contributed by atoms with Gasteiger partial charge in [-0.3, -0.25) is 4.98 Å². The Morgan fingerprint density at radius 3 is 2.94 bits per heavy atom. The fourth-order valence-corrected chi connectivity index (χ4v) is 2.05. The number of aromatic nitrogens is 4. The largest absolute Gasteiger partial charge is 0.369 e. The number of hydrogen-bond donors (Lipinski definition) is 1. The molecule has 94 valence electrons. The van der Waals surface area contributed by atoms with Gasteiger partial charge in [0.25, 0.3) is 0 Å². The average Bonchev–Trinajstić information content (AvgIpc) is 2.37. The first-order valence-corrected chi connectivity index (χ1v) is 6.63. The van der Waals surface area contributed by atoms with E-state index in [1.807, 2.05) is 13.0 Å². The number of rotatable bonds is 5. The van der Waals surface area contributed by atoms with Crippen LogP contribution in [0.5, 0.6) is 0 Å². The van der Waals surface area contributed by atoms with Crippen LogP contribution in [0, 0.1) is 6.92 Å². The molecule has 0 atom stereocenters. The molecular formula is C12H15N5S. The smallest absolute Gasteiger partial charge is 0.194 e. The lowest BCUT2D eigenvalue weighted by molar-refractivity contribution is 0.920. The summed E-state index contributed by atoms with van der Waals surface area (Å²) in [7, 11) is 0.